The number of carbonyl (C=O) groups excluding carboxylic acids is 1. The number of H-pyrrole nitrogens is 1. The Hall–Kier alpha value is -3.48. The van der Waals surface area contributed by atoms with Crippen LogP contribution >= 0.6 is 0 Å². The van der Waals surface area contributed by atoms with Gasteiger partial charge in [-0.25, -0.2) is 10.1 Å². The molecule has 1 N–H and O–H groups in total. The number of halogens is 3. The lowest BCUT2D eigenvalue weighted by atomic mass is 10.2. The van der Waals surface area contributed by atoms with E-state index in [1.807, 2.05) is 17.4 Å². The molecule has 13 heteroatoms. The molecule has 2 aliphatic rings. The average Bonchev–Trinajstić information content (AvgIpc) is 3.65. The SMILES string of the molecule is CC(COCCC(=O)N1CCN(c2ccc(C3CC3)cn2)CC1)n1nc(C(F)(F)F)c2c(=O)[nH]ncc21. The largest absolute Gasteiger partial charge is 0.435 e. The number of pyridine rings is 1. The smallest absolute Gasteiger partial charge is 0.379 e. The molecule has 1 unspecified atom stereocenters. The fourth-order valence-electron chi connectivity index (χ4n) is 4.61. The molecule has 1 atom stereocenters. The van der Waals surface area contributed by atoms with E-state index in [9.17, 15) is 22.8 Å². The highest BCUT2D eigenvalue weighted by molar-refractivity contribution is 5.80. The van der Waals surface area contributed by atoms with Crippen LogP contribution in [0.4, 0.5) is 19.0 Å². The van der Waals surface area contributed by atoms with E-state index in [0.717, 1.165) is 16.7 Å². The number of carbonyl (C=O) groups is 1. The zero-order valence-corrected chi connectivity index (χ0v) is 20.4. The van der Waals surface area contributed by atoms with Crippen LogP contribution < -0.4 is 10.5 Å². The van der Waals surface area contributed by atoms with Gasteiger partial charge in [0.15, 0.2) is 5.69 Å². The minimum Gasteiger partial charge on any atom is -0.379 e. The first-order valence-corrected chi connectivity index (χ1v) is 12.3. The van der Waals surface area contributed by atoms with Gasteiger partial charge in [-0.1, -0.05) is 6.07 Å². The maximum Gasteiger partial charge on any atom is 0.435 e. The van der Waals surface area contributed by atoms with Crippen molar-refractivity contribution in [2.75, 3.05) is 44.3 Å². The number of ether oxygens (including phenoxy) is 1. The van der Waals surface area contributed by atoms with Crippen molar-refractivity contribution in [3.8, 4) is 0 Å². The van der Waals surface area contributed by atoms with Gasteiger partial charge in [0, 0.05) is 32.4 Å². The van der Waals surface area contributed by atoms with Crippen molar-refractivity contribution >= 4 is 22.6 Å². The van der Waals surface area contributed by atoms with Gasteiger partial charge in [0.2, 0.25) is 5.91 Å². The summed E-state index contributed by atoms with van der Waals surface area (Å²) in [5, 5.41) is 8.68. The molecule has 0 bridgehead atoms. The number of amides is 1. The number of hydrogen-bond donors (Lipinski definition) is 1. The molecule has 0 radical (unpaired) electrons. The number of alkyl halides is 3. The average molecular weight is 520 g/mol. The molecule has 1 aliphatic carbocycles. The first kappa shape index (κ1) is 25.2. The summed E-state index contributed by atoms with van der Waals surface area (Å²) in [5.74, 6) is 1.55. The minimum absolute atomic E-state index is 0.0183. The van der Waals surface area contributed by atoms with Crippen LogP contribution in [0.25, 0.3) is 10.9 Å². The molecule has 3 aromatic rings. The van der Waals surface area contributed by atoms with Crippen LogP contribution in [-0.4, -0.2) is 75.2 Å². The number of rotatable bonds is 8. The number of hydrogen-bond acceptors (Lipinski definition) is 7. The standard InChI is InChI=1S/C24H28F3N7O3/c1-15(34-18-13-29-30-23(36)21(18)22(31-34)24(25,26)27)14-37-11-6-20(35)33-9-7-32(8-10-33)19-5-4-17(12-28-19)16-2-3-16/h4-5,12-13,15-16H,2-3,6-11,14H2,1H3,(H,30,36). The number of aromatic nitrogens is 5. The third kappa shape index (κ3) is 5.45. The highest BCUT2D eigenvalue weighted by Gasteiger charge is 2.38. The van der Waals surface area contributed by atoms with E-state index in [4.69, 9.17) is 4.74 Å². The van der Waals surface area contributed by atoms with Gasteiger partial charge in [-0.15, -0.1) is 0 Å². The Labute approximate surface area is 210 Å². The van der Waals surface area contributed by atoms with Gasteiger partial charge in [-0.05, 0) is 37.3 Å². The van der Waals surface area contributed by atoms with Crippen LogP contribution in [0.2, 0.25) is 0 Å². The first-order chi connectivity index (χ1) is 17.7. The summed E-state index contributed by atoms with van der Waals surface area (Å²) in [5.41, 5.74) is -0.959. The van der Waals surface area contributed by atoms with E-state index in [1.54, 1.807) is 11.8 Å². The molecular formula is C24H28F3N7O3. The Kier molecular flexibility index (Phi) is 6.88. The van der Waals surface area contributed by atoms with Crippen molar-refractivity contribution in [1.82, 2.24) is 29.9 Å². The van der Waals surface area contributed by atoms with Gasteiger partial charge in [-0.3, -0.25) is 14.3 Å². The van der Waals surface area contributed by atoms with Crippen molar-refractivity contribution in [2.24, 2.45) is 0 Å². The fraction of sp³-hybridized carbons (Fsp3) is 0.542. The van der Waals surface area contributed by atoms with Crippen molar-refractivity contribution in [3.63, 3.8) is 0 Å². The minimum atomic E-state index is -4.79. The van der Waals surface area contributed by atoms with Crippen LogP contribution in [0.15, 0.2) is 29.3 Å². The van der Waals surface area contributed by atoms with Gasteiger partial charge in [-0.2, -0.15) is 23.4 Å². The van der Waals surface area contributed by atoms with Gasteiger partial charge < -0.3 is 14.5 Å². The Morgan fingerprint density at radius 3 is 2.59 bits per heavy atom. The number of nitrogens with zero attached hydrogens (tertiary/aromatic N) is 6. The quantitative estimate of drug-likeness (QED) is 0.456. The van der Waals surface area contributed by atoms with Crippen molar-refractivity contribution in [3.05, 3.63) is 46.1 Å². The first-order valence-electron chi connectivity index (χ1n) is 12.3. The van der Waals surface area contributed by atoms with Crippen LogP contribution in [-0.2, 0) is 15.7 Å². The third-order valence-corrected chi connectivity index (χ3v) is 6.81. The molecule has 37 heavy (non-hydrogen) atoms. The Morgan fingerprint density at radius 2 is 1.95 bits per heavy atom. The zero-order chi connectivity index (χ0) is 26.2. The monoisotopic (exact) mass is 519 g/mol. The fourth-order valence-corrected chi connectivity index (χ4v) is 4.61. The molecular weight excluding hydrogens is 491 g/mol. The second kappa shape index (κ2) is 10.1. The van der Waals surface area contributed by atoms with E-state index in [1.165, 1.54) is 18.4 Å². The molecule has 2 fully saturated rings. The van der Waals surface area contributed by atoms with E-state index in [0.29, 0.717) is 32.1 Å². The van der Waals surface area contributed by atoms with Crippen LogP contribution in [0.1, 0.15) is 49.4 Å². The van der Waals surface area contributed by atoms with Gasteiger partial charge in [0.05, 0.1) is 37.4 Å². The summed E-state index contributed by atoms with van der Waals surface area (Å²) in [6.07, 6.45) is 0.939. The van der Waals surface area contributed by atoms with Gasteiger partial charge in [0.25, 0.3) is 5.56 Å². The molecule has 1 amide bonds. The number of nitrogens with one attached hydrogen (secondary N) is 1. The predicted octanol–water partition coefficient (Wildman–Crippen LogP) is 2.73. The summed E-state index contributed by atoms with van der Waals surface area (Å²) in [6, 6.07) is 3.58. The highest BCUT2D eigenvalue weighted by Crippen LogP contribution is 2.40. The zero-order valence-electron chi connectivity index (χ0n) is 20.4. The molecule has 10 nitrogen and oxygen atoms in total. The normalized spacial score (nSPS) is 17.4. The van der Waals surface area contributed by atoms with E-state index in [-0.39, 0.29) is 31.1 Å². The Morgan fingerprint density at radius 1 is 1.19 bits per heavy atom. The molecule has 0 spiro atoms. The summed E-state index contributed by atoms with van der Waals surface area (Å²) in [6.45, 7) is 4.33. The molecule has 3 aromatic heterocycles. The van der Waals surface area contributed by atoms with Crippen molar-refractivity contribution in [1.29, 1.82) is 0 Å². The van der Waals surface area contributed by atoms with E-state index >= 15 is 0 Å². The summed E-state index contributed by atoms with van der Waals surface area (Å²) in [4.78, 5) is 33.1. The van der Waals surface area contributed by atoms with Crippen LogP contribution in [0.5, 0.6) is 0 Å². The Bertz CT molecular complexity index is 1310. The second-order valence-corrected chi connectivity index (χ2v) is 9.52. The van der Waals surface area contributed by atoms with Crippen molar-refractivity contribution < 1.29 is 22.7 Å². The lowest BCUT2D eigenvalue weighted by Gasteiger charge is -2.35. The number of piperazine rings is 1. The van der Waals surface area contributed by atoms with Crippen molar-refractivity contribution in [2.45, 2.75) is 44.3 Å². The van der Waals surface area contributed by atoms with Crippen LogP contribution in [0.3, 0.4) is 0 Å². The molecule has 198 valence electrons. The predicted molar refractivity (Wildman–Crippen MR) is 128 cm³/mol. The highest BCUT2D eigenvalue weighted by atomic mass is 19.4. The third-order valence-electron chi connectivity index (χ3n) is 6.81. The summed E-state index contributed by atoms with van der Waals surface area (Å²) >= 11 is 0. The van der Waals surface area contributed by atoms with Crippen LogP contribution in [0, 0.1) is 0 Å². The maximum atomic E-state index is 13.4. The molecule has 1 aliphatic heterocycles. The molecule has 5 rings (SSSR count). The lowest BCUT2D eigenvalue weighted by Crippen LogP contribution is -2.49. The van der Waals surface area contributed by atoms with E-state index < -0.39 is 28.9 Å². The molecule has 4 heterocycles. The van der Waals surface area contributed by atoms with E-state index in [2.05, 4.69) is 26.1 Å². The lowest BCUT2D eigenvalue weighted by molar-refractivity contribution is -0.140. The Balaban J connectivity index is 1.09. The van der Waals surface area contributed by atoms with Gasteiger partial charge >= 0.3 is 6.18 Å². The molecule has 1 saturated carbocycles. The second-order valence-electron chi connectivity index (χ2n) is 9.52. The topological polar surface area (TPSA) is 109 Å². The summed E-state index contributed by atoms with van der Waals surface area (Å²) in [7, 11) is 0. The molecule has 1 saturated heterocycles. The summed E-state index contributed by atoms with van der Waals surface area (Å²) < 4.78 is 46.8. The number of fused-ring (bicyclic) bond motifs is 1. The number of anilines is 1. The molecule has 0 aromatic carbocycles. The number of aromatic amines is 1. The maximum absolute atomic E-state index is 13.4. The van der Waals surface area contributed by atoms with Gasteiger partial charge in [0.1, 0.15) is 11.2 Å².